The van der Waals surface area contributed by atoms with Gasteiger partial charge in [-0.25, -0.2) is 0 Å². The van der Waals surface area contributed by atoms with E-state index < -0.39 is 16.1 Å². The zero-order chi connectivity index (χ0) is 20.0. The van der Waals surface area contributed by atoms with Gasteiger partial charge in [0.2, 0.25) is 0 Å². The Morgan fingerprint density at radius 3 is 1.11 bits per heavy atom. The van der Waals surface area contributed by atoms with E-state index in [9.17, 15) is 0 Å². The first kappa shape index (κ1) is 20.3. The molecule has 0 amide bonds. The molecule has 0 bridgehead atoms. The lowest BCUT2D eigenvalue weighted by molar-refractivity contribution is 1.65. The summed E-state index contributed by atoms with van der Waals surface area (Å²) in [6.45, 7) is 9.66. The molecule has 0 heterocycles. The highest BCUT2D eigenvalue weighted by Gasteiger charge is 2.23. The summed E-state index contributed by atoms with van der Waals surface area (Å²) in [6.07, 6.45) is 4.56. The Hall–Kier alpha value is -2.43. The molecule has 0 unspecified atom stereocenters. The molecule has 3 rings (SSSR count). The van der Waals surface area contributed by atoms with Crippen molar-refractivity contribution in [2.24, 2.45) is 0 Å². The lowest BCUT2D eigenvalue weighted by atomic mass is 10.2. The second kappa shape index (κ2) is 8.72. The molecule has 2 heteroatoms. The molecule has 3 aromatic carbocycles. The average molecular weight is 399 g/mol. The minimum Gasteiger partial charge on any atom is -0.0897 e. The standard InChI is InChI=1S/C26H30Si2/c1-27(2,21-19-23-11-7-5-8-12-23)25-15-17-26(18-16-25)28(3,4)22-20-24-13-9-6-10-14-24/h5-22H,1-4H3/b21-19+,22-20+. The van der Waals surface area contributed by atoms with Gasteiger partial charge >= 0.3 is 0 Å². The monoisotopic (exact) mass is 398 g/mol. The number of benzene rings is 3. The summed E-state index contributed by atoms with van der Waals surface area (Å²) in [4.78, 5) is 0. The Balaban J connectivity index is 1.76. The van der Waals surface area contributed by atoms with Gasteiger partial charge in [0, 0.05) is 0 Å². The summed E-state index contributed by atoms with van der Waals surface area (Å²) in [5.41, 5.74) is 7.43. The first-order valence-corrected chi connectivity index (χ1v) is 16.1. The quantitative estimate of drug-likeness (QED) is 0.445. The van der Waals surface area contributed by atoms with E-state index in [1.807, 2.05) is 0 Å². The van der Waals surface area contributed by atoms with Crippen LogP contribution in [0.2, 0.25) is 26.2 Å². The third kappa shape index (κ3) is 5.31. The van der Waals surface area contributed by atoms with Crippen molar-refractivity contribution in [1.82, 2.24) is 0 Å². The Labute approximate surface area is 172 Å². The van der Waals surface area contributed by atoms with Crippen LogP contribution >= 0.6 is 0 Å². The Kier molecular flexibility index (Phi) is 6.33. The van der Waals surface area contributed by atoms with Crippen LogP contribution in [0.1, 0.15) is 11.1 Å². The molecule has 0 saturated heterocycles. The summed E-state index contributed by atoms with van der Waals surface area (Å²) in [7, 11) is -3.20. The summed E-state index contributed by atoms with van der Waals surface area (Å²) in [5, 5.41) is 2.97. The second-order valence-corrected chi connectivity index (χ2v) is 17.2. The third-order valence-corrected chi connectivity index (χ3v) is 11.0. The van der Waals surface area contributed by atoms with Crippen molar-refractivity contribution in [2.45, 2.75) is 26.2 Å². The predicted molar refractivity (Wildman–Crippen MR) is 132 cm³/mol. The van der Waals surface area contributed by atoms with Crippen molar-refractivity contribution in [3.05, 3.63) is 107 Å². The van der Waals surface area contributed by atoms with Gasteiger partial charge in [0.15, 0.2) is 0 Å². The topological polar surface area (TPSA) is 0 Å². The fourth-order valence-electron chi connectivity index (χ4n) is 3.26. The lowest BCUT2D eigenvalue weighted by Crippen LogP contribution is -2.43. The fraction of sp³-hybridized carbons (Fsp3) is 0.154. The minimum absolute atomic E-state index is 1.28. The average Bonchev–Trinajstić information content (AvgIpc) is 2.73. The summed E-state index contributed by atoms with van der Waals surface area (Å²) >= 11 is 0. The van der Waals surface area contributed by atoms with E-state index in [0.29, 0.717) is 0 Å². The van der Waals surface area contributed by atoms with Crippen LogP contribution in [0.4, 0.5) is 0 Å². The van der Waals surface area contributed by atoms with Crippen LogP contribution in [-0.4, -0.2) is 16.1 Å². The summed E-state index contributed by atoms with van der Waals surface area (Å²) in [5.74, 6) is 0. The first-order chi connectivity index (χ1) is 13.4. The van der Waals surface area contributed by atoms with E-state index in [-0.39, 0.29) is 0 Å². The molecule has 3 aromatic rings. The van der Waals surface area contributed by atoms with Crippen molar-refractivity contribution < 1.29 is 0 Å². The van der Waals surface area contributed by atoms with Crippen LogP contribution in [0.25, 0.3) is 12.2 Å². The van der Waals surface area contributed by atoms with Gasteiger partial charge < -0.3 is 0 Å². The van der Waals surface area contributed by atoms with Gasteiger partial charge in [-0.1, -0.05) is 145 Å². The van der Waals surface area contributed by atoms with Gasteiger partial charge in [0.1, 0.15) is 16.1 Å². The number of hydrogen-bond donors (Lipinski definition) is 0. The highest BCUT2D eigenvalue weighted by molar-refractivity contribution is 6.95. The van der Waals surface area contributed by atoms with Crippen LogP contribution < -0.4 is 10.4 Å². The van der Waals surface area contributed by atoms with E-state index in [1.165, 1.54) is 21.5 Å². The van der Waals surface area contributed by atoms with E-state index in [0.717, 1.165) is 0 Å². The molecule has 142 valence electrons. The lowest BCUT2D eigenvalue weighted by Gasteiger charge is -2.22. The Morgan fingerprint density at radius 2 is 0.786 bits per heavy atom. The number of rotatable bonds is 6. The van der Waals surface area contributed by atoms with Crippen molar-refractivity contribution in [3.63, 3.8) is 0 Å². The molecule has 0 fully saturated rings. The van der Waals surface area contributed by atoms with Gasteiger partial charge in [-0.15, -0.1) is 0 Å². The molecule has 0 aliphatic heterocycles. The zero-order valence-corrected chi connectivity index (χ0v) is 19.4. The molecular formula is C26H30Si2. The van der Waals surface area contributed by atoms with E-state index in [1.54, 1.807) is 0 Å². The molecule has 0 nitrogen and oxygen atoms in total. The van der Waals surface area contributed by atoms with Crippen LogP contribution in [-0.2, 0) is 0 Å². The first-order valence-electron chi connectivity index (χ1n) is 9.96. The minimum atomic E-state index is -1.60. The maximum atomic E-state index is 2.44. The Bertz CT molecular complexity index is 854. The molecule has 0 aliphatic rings. The fourth-order valence-corrected chi connectivity index (χ4v) is 6.91. The van der Waals surface area contributed by atoms with Crippen LogP contribution in [0.15, 0.2) is 96.3 Å². The zero-order valence-electron chi connectivity index (χ0n) is 17.4. The molecule has 0 aliphatic carbocycles. The van der Waals surface area contributed by atoms with Crippen LogP contribution in [0.3, 0.4) is 0 Å². The SMILES string of the molecule is C[Si](C)(/C=C/c1ccccc1)c1ccc([Si](C)(C)/C=C/c2ccccc2)cc1. The van der Waals surface area contributed by atoms with Crippen molar-refractivity contribution >= 4 is 38.7 Å². The van der Waals surface area contributed by atoms with E-state index in [4.69, 9.17) is 0 Å². The molecule has 0 saturated carbocycles. The highest BCUT2D eigenvalue weighted by Crippen LogP contribution is 2.12. The van der Waals surface area contributed by atoms with Gasteiger partial charge in [-0.2, -0.15) is 0 Å². The molecule has 0 N–H and O–H groups in total. The maximum absolute atomic E-state index is 2.44. The molecule has 0 aromatic heterocycles. The number of hydrogen-bond acceptors (Lipinski definition) is 0. The summed E-state index contributed by atoms with van der Waals surface area (Å²) in [6, 6.07) is 30.6. The van der Waals surface area contributed by atoms with Crippen molar-refractivity contribution in [1.29, 1.82) is 0 Å². The van der Waals surface area contributed by atoms with Gasteiger partial charge in [0.25, 0.3) is 0 Å². The second-order valence-electron chi connectivity index (χ2n) is 8.51. The molecular weight excluding hydrogens is 368 g/mol. The summed E-state index contributed by atoms with van der Waals surface area (Å²) < 4.78 is 0. The molecule has 0 radical (unpaired) electrons. The predicted octanol–water partition coefficient (Wildman–Crippen LogP) is 6.02. The highest BCUT2D eigenvalue weighted by atomic mass is 28.3. The largest absolute Gasteiger partial charge is 0.104 e. The van der Waals surface area contributed by atoms with Crippen LogP contribution in [0.5, 0.6) is 0 Å². The maximum Gasteiger partial charge on any atom is 0.104 e. The Morgan fingerprint density at radius 1 is 0.464 bits per heavy atom. The van der Waals surface area contributed by atoms with Gasteiger partial charge in [-0.3, -0.25) is 0 Å². The molecule has 0 spiro atoms. The van der Waals surface area contributed by atoms with Crippen molar-refractivity contribution in [2.75, 3.05) is 0 Å². The molecule has 28 heavy (non-hydrogen) atoms. The van der Waals surface area contributed by atoms with Gasteiger partial charge in [0.05, 0.1) is 0 Å². The van der Waals surface area contributed by atoms with E-state index >= 15 is 0 Å². The van der Waals surface area contributed by atoms with Crippen LogP contribution in [0, 0.1) is 0 Å². The van der Waals surface area contributed by atoms with E-state index in [2.05, 4.69) is 135 Å². The van der Waals surface area contributed by atoms with Crippen molar-refractivity contribution in [3.8, 4) is 0 Å². The smallest absolute Gasteiger partial charge is 0.0897 e. The normalized spacial score (nSPS) is 12.7. The molecule has 0 atom stereocenters. The van der Waals surface area contributed by atoms with Gasteiger partial charge in [-0.05, 0) is 11.1 Å². The third-order valence-electron chi connectivity index (χ3n) is 5.36.